The van der Waals surface area contributed by atoms with Gasteiger partial charge in [-0.25, -0.2) is 0 Å². The van der Waals surface area contributed by atoms with E-state index in [1.165, 1.54) is 83.5 Å². The minimum Gasteiger partial charge on any atom is -0.462 e. The van der Waals surface area contributed by atoms with Gasteiger partial charge in [0.1, 0.15) is 13.2 Å². The highest BCUT2D eigenvalue weighted by atomic mass is 16.6. The Balaban J connectivity index is 4.49. The highest BCUT2D eigenvalue weighted by Gasteiger charge is 2.19. The number of hydrogen-bond acceptors (Lipinski definition) is 6. The van der Waals surface area contributed by atoms with E-state index in [9.17, 15) is 14.4 Å². The van der Waals surface area contributed by atoms with E-state index in [1.807, 2.05) is 0 Å². The number of ether oxygens (including phenoxy) is 3. The minimum absolute atomic E-state index is 0.103. The summed E-state index contributed by atoms with van der Waals surface area (Å²) in [7, 11) is 0. The number of carbonyl (C=O) groups is 3. The van der Waals surface area contributed by atoms with Gasteiger partial charge in [-0.15, -0.1) is 0 Å². The topological polar surface area (TPSA) is 78.9 Å². The van der Waals surface area contributed by atoms with Crippen molar-refractivity contribution >= 4 is 17.9 Å². The van der Waals surface area contributed by atoms with Crippen LogP contribution in [-0.4, -0.2) is 37.2 Å². The van der Waals surface area contributed by atoms with E-state index >= 15 is 0 Å². The lowest BCUT2D eigenvalue weighted by molar-refractivity contribution is -0.167. The number of hydrogen-bond donors (Lipinski definition) is 0. The van der Waals surface area contributed by atoms with Gasteiger partial charge in [0.2, 0.25) is 0 Å². The summed E-state index contributed by atoms with van der Waals surface area (Å²) < 4.78 is 16.8. The average molecular weight is 917 g/mol. The zero-order valence-electron chi connectivity index (χ0n) is 42.9. The predicted molar refractivity (Wildman–Crippen MR) is 284 cm³/mol. The lowest BCUT2D eigenvalue weighted by Gasteiger charge is -2.18. The molecule has 0 aliphatic carbocycles. The number of carbonyl (C=O) groups excluding carboxylic acids is 3. The predicted octanol–water partition coefficient (Wildman–Crippen LogP) is 18.1. The van der Waals surface area contributed by atoms with Crippen LogP contribution in [0.2, 0.25) is 0 Å². The standard InChI is InChI=1S/C60H100O6/c1-4-7-10-13-16-19-22-25-28-30-33-35-38-41-44-47-50-53-59(62)65-56-57(55-64-58(61)52-49-46-43-40-37-34-31-27-24-21-18-15-12-9-6-3)66-60(63)54-51-48-45-42-39-36-32-29-26-23-20-17-14-11-8-5-2/h7,9-10,12,16,18-19,21,25,27-28,31,33,35,41,44,57H,4-6,8,11,13-15,17,20,22-24,26,29-30,32,34,36-40,42-43,45-56H2,1-3H3/b10-7+,12-9+,19-16+,21-18+,28-25+,31-27+,35-33+,44-41+/t57-/m1/s1. The third kappa shape index (κ3) is 51.3. The maximum atomic E-state index is 12.8. The van der Waals surface area contributed by atoms with Crippen molar-refractivity contribution in [2.24, 2.45) is 0 Å². The lowest BCUT2D eigenvalue weighted by Crippen LogP contribution is -2.30. The molecule has 0 aromatic heterocycles. The zero-order valence-corrected chi connectivity index (χ0v) is 42.9. The van der Waals surface area contributed by atoms with Crippen LogP contribution in [0, 0.1) is 0 Å². The number of unbranched alkanes of at least 4 members (excludes halogenated alkanes) is 21. The normalized spacial score (nSPS) is 12.8. The molecular weight excluding hydrogens is 817 g/mol. The first-order chi connectivity index (χ1) is 32.5. The van der Waals surface area contributed by atoms with Crippen LogP contribution in [0.4, 0.5) is 0 Å². The molecule has 0 saturated carbocycles. The zero-order chi connectivity index (χ0) is 47.9. The Bertz CT molecular complexity index is 1330. The molecule has 0 spiro atoms. The molecule has 376 valence electrons. The Morgan fingerprint density at radius 1 is 0.318 bits per heavy atom. The fourth-order valence-corrected chi connectivity index (χ4v) is 7.32. The second kappa shape index (κ2) is 53.9. The summed E-state index contributed by atoms with van der Waals surface area (Å²) in [4.78, 5) is 38.1. The fraction of sp³-hybridized carbons (Fsp3) is 0.683. The Hall–Kier alpha value is -3.67. The van der Waals surface area contributed by atoms with Crippen molar-refractivity contribution in [1.29, 1.82) is 0 Å². The molecular formula is C60H100O6. The number of esters is 3. The molecule has 66 heavy (non-hydrogen) atoms. The van der Waals surface area contributed by atoms with Crippen LogP contribution >= 0.6 is 0 Å². The van der Waals surface area contributed by atoms with Crippen LogP contribution in [0.5, 0.6) is 0 Å². The van der Waals surface area contributed by atoms with Crippen molar-refractivity contribution in [3.05, 3.63) is 97.2 Å². The fourth-order valence-electron chi connectivity index (χ4n) is 7.32. The molecule has 0 saturated heterocycles. The molecule has 0 aromatic rings. The Labute approximate surface area is 407 Å². The summed E-state index contributed by atoms with van der Waals surface area (Å²) in [5, 5.41) is 0. The van der Waals surface area contributed by atoms with Crippen molar-refractivity contribution in [2.45, 2.75) is 252 Å². The van der Waals surface area contributed by atoms with Crippen LogP contribution < -0.4 is 0 Å². The van der Waals surface area contributed by atoms with Crippen molar-refractivity contribution in [2.75, 3.05) is 13.2 Å². The molecule has 0 fully saturated rings. The van der Waals surface area contributed by atoms with Gasteiger partial charge in [-0.2, -0.15) is 0 Å². The molecule has 0 aliphatic heterocycles. The van der Waals surface area contributed by atoms with Gasteiger partial charge >= 0.3 is 17.9 Å². The van der Waals surface area contributed by atoms with E-state index < -0.39 is 6.10 Å². The molecule has 0 heterocycles. The Morgan fingerprint density at radius 3 is 0.985 bits per heavy atom. The third-order valence-electron chi connectivity index (χ3n) is 11.3. The largest absolute Gasteiger partial charge is 0.462 e. The van der Waals surface area contributed by atoms with Gasteiger partial charge in [-0.1, -0.05) is 234 Å². The van der Waals surface area contributed by atoms with Gasteiger partial charge < -0.3 is 14.2 Å². The Morgan fingerprint density at radius 2 is 0.606 bits per heavy atom. The molecule has 0 rings (SSSR count). The van der Waals surface area contributed by atoms with Gasteiger partial charge in [0.15, 0.2) is 6.10 Å². The van der Waals surface area contributed by atoms with Gasteiger partial charge in [-0.05, 0) is 89.9 Å². The second-order valence-electron chi connectivity index (χ2n) is 17.7. The highest BCUT2D eigenvalue weighted by Crippen LogP contribution is 2.15. The van der Waals surface area contributed by atoms with E-state index in [2.05, 4.69) is 118 Å². The van der Waals surface area contributed by atoms with Gasteiger partial charge in [0.05, 0.1) is 0 Å². The molecule has 0 N–H and O–H groups in total. The first-order valence-corrected chi connectivity index (χ1v) is 27.2. The lowest BCUT2D eigenvalue weighted by atomic mass is 10.0. The molecule has 1 atom stereocenters. The van der Waals surface area contributed by atoms with E-state index in [1.54, 1.807) is 0 Å². The summed E-state index contributed by atoms with van der Waals surface area (Å²) in [5.74, 6) is -0.976. The quantitative estimate of drug-likeness (QED) is 0.0262. The molecule has 0 aromatic carbocycles. The molecule has 0 amide bonds. The van der Waals surface area contributed by atoms with Gasteiger partial charge in [0, 0.05) is 19.3 Å². The van der Waals surface area contributed by atoms with Crippen molar-refractivity contribution in [3.63, 3.8) is 0 Å². The van der Waals surface area contributed by atoms with Crippen molar-refractivity contribution in [3.8, 4) is 0 Å². The summed E-state index contributed by atoms with van der Waals surface area (Å²) in [6.45, 7) is 6.36. The summed E-state index contributed by atoms with van der Waals surface area (Å²) >= 11 is 0. The molecule has 0 radical (unpaired) electrons. The van der Waals surface area contributed by atoms with Crippen molar-refractivity contribution in [1.82, 2.24) is 0 Å². The summed E-state index contributed by atoms with van der Waals surface area (Å²) in [5.41, 5.74) is 0. The minimum atomic E-state index is -0.807. The smallest absolute Gasteiger partial charge is 0.306 e. The summed E-state index contributed by atoms with van der Waals surface area (Å²) in [6.07, 6.45) is 71.1. The van der Waals surface area contributed by atoms with Gasteiger partial charge in [-0.3, -0.25) is 14.4 Å². The van der Waals surface area contributed by atoms with Crippen LogP contribution in [-0.2, 0) is 28.6 Å². The molecule has 0 bridgehead atoms. The second-order valence-corrected chi connectivity index (χ2v) is 17.7. The first kappa shape index (κ1) is 62.3. The van der Waals surface area contributed by atoms with Crippen LogP contribution in [0.15, 0.2) is 97.2 Å². The monoisotopic (exact) mass is 917 g/mol. The first-order valence-electron chi connectivity index (χ1n) is 27.2. The van der Waals surface area contributed by atoms with Crippen molar-refractivity contribution < 1.29 is 28.6 Å². The summed E-state index contributed by atoms with van der Waals surface area (Å²) in [6, 6.07) is 0. The van der Waals surface area contributed by atoms with E-state index in [4.69, 9.17) is 14.2 Å². The van der Waals surface area contributed by atoms with Crippen LogP contribution in [0.1, 0.15) is 245 Å². The molecule has 6 heteroatoms. The maximum Gasteiger partial charge on any atom is 0.306 e. The number of allylic oxidation sites excluding steroid dienone is 16. The molecule has 0 aliphatic rings. The van der Waals surface area contributed by atoms with E-state index in [0.717, 1.165) is 116 Å². The highest BCUT2D eigenvalue weighted by molar-refractivity contribution is 5.71. The Kier molecular flexibility index (Phi) is 50.9. The SMILES string of the molecule is CC/C=C/C/C=C/C/C=C/C/C=C/C/C=C/CCCC(=O)OC[C@@H](COC(=O)CCCCCCC/C=C/C/C=C/C/C=C/CC)OC(=O)CCCCCCCCCCCCCCCCCC. The third-order valence-corrected chi connectivity index (χ3v) is 11.3. The molecule has 0 unspecified atom stereocenters. The maximum absolute atomic E-state index is 12.8. The van der Waals surface area contributed by atoms with E-state index in [0.29, 0.717) is 19.3 Å². The van der Waals surface area contributed by atoms with Crippen LogP contribution in [0.25, 0.3) is 0 Å². The number of rotatable bonds is 48. The average Bonchev–Trinajstić information content (AvgIpc) is 3.31. The van der Waals surface area contributed by atoms with E-state index in [-0.39, 0.29) is 37.5 Å². The molecule has 6 nitrogen and oxygen atoms in total. The van der Waals surface area contributed by atoms with Crippen LogP contribution in [0.3, 0.4) is 0 Å². The van der Waals surface area contributed by atoms with Gasteiger partial charge in [0.25, 0.3) is 0 Å².